The van der Waals surface area contributed by atoms with Crippen LogP contribution in [0.1, 0.15) is 37.5 Å². The van der Waals surface area contributed by atoms with Crippen molar-refractivity contribution < 1.29 is 9.53 Å². The summed E-state index contributed by atoms with van der Waals surface area (Å²) in [5.41, 5.74) is 5.12. The van der Waals surface area contributed by atoms with Gasteiger partial charge in [-0.25, -0.2) is 4.99 Å². The Bertz CT molecular complexity index is 1140. The summed E-state index contributed by atoms with van der Waals surface area (Å²) in [6, 6.07) is 19.4. The minimum atomic E-state index is -0.189. The van der Waals surface area contributed by atoms with Gasteiger partial charge in [0.25, 0.3) is 5.91 Å². The molecule has 0 saturated heterocycles. The molecule has 0 radical (unpaired) electrons. The van der Waals surface area contributed by atoms with Crippen molar-refractivity contribution in [1.82, 2.24) is 0 Å². The Morgan fingerprint density at radius 2 is 1.53 bits per heavy atom. The molecule has 0 fully saturated rings. The van der Waals surface area contributed by atoms with Gasteiger partial charge in [-0.05, 0) is 72.0 Å². The Morgan fingerprint density at radius 3 is 2.13 bits per heavy atom. The first kappa shape index (κ1) is 20.4. The van der Waals surface area contributed by atoms with E-state index < -0.39 is 0 Å². The maximum atomic E-state index is 12.4. The van der Waals surface area contributed by atoms with Gasteiger partial charge in [0.2, 0.25) is 0 Å². The van der Waals surface area contributed by atoms with Gasteiger partial charge in [0.1, 0.15) is 17.2 Å². The van der Waals surface area contributed by atoms with Gasteiger partial charge in [-0.1, -0.05) is 48.8 Å². The maximum absolute atomic E-state index is 12.4. The topological polar surface area (TPSA) is 50.7 Å². The number of nitrogens with zero attached hydrogens (tertiary/aromatic N) is 1. The van der Waals surface area contributed by atoms with Crippen molar-refractivity contribution in [3.05, 3.63) is 81.8 Å². The molecule has 1 heterocycles. The minimum Gasteiger partial charge on any atom is -0.457 e. The third-order valence-corrected chi connectivity index (χ3v) is 5.50. The molecule has 0 spiro atoms. The van der Waals surface area contributed by atoms with Crippen LogP contribution in [0.4, 0.5) is 11.4 Å². The van der Waals surface area contributed by atoms with Crippen LogP contribution < -0.4 is 10.1 Å². The molecule has 1 aliphatic heterocycles. The number of aliphatic imine (C=N–C) groups is 1. The molecular weight excluding hydrogens is 440 g/mol. The van der Waals surface area contributed by atoms with Gasteiger partial charge < -0.3 is 10.1 Å². The molecule has 1 N–H and O–H groups in total. The highest BCUT2D eigenvalue weighted by atomic mass is 79.9. The van der Waals surface area contributed by atoms with Crippen molar-refractivity contribution in [2.45, 2.75) is 33.1 Å². The summed E-state index contributed by atoms with van der Waals surface area (Å²) in [5, 5.41) is 2.91. The number of carbonyl (C=O) groups excluding carboxylic acids is 1. The Balaban J connectivity index is 1.54. The monoisotopic (exact) mass is 462 g/mol. The molecule has 1 amide bonds. The first-order valence-electron chi connectivity index (χ1n) is 9.80. The number of hydrogen-bond acceptors (Lipinski definition) is 3. The zero-order chi connectivity index (χ0) is 21.5. The summed E-state index contributed by atoms with van der Waals surface area (Å²) in [5.74, 6) is 1.31. The van der Waals surface area contributed by atoms with Crippen molar-refractivity contribution in [2.24, 2.45) is 4.99 Å². The molecule has 0 bridgehead atoms. The average molecular weight is 463 g/mol. The Kier molecular flexibility index (Phi) is 5.24. The lowest BCUT2D eigenvalue weighted by Gasteiger charge is -2.19. The summed E-state index contributed by atoms with van der Waals surface area (Å²) < 4.78 is 6.87. The van der Waals surface area contributed by atoms with E-state index in [1.54, 1.807) is 0 Å². The van der Waals surface area contributed by atoms with Crippen LogP contribution in [-0.4, -0.2) is 11.6 Å². The fourth-order valence-corrected chi connectivity index (χ4v) is 3.95. The van der Waals surface area contributed by atoms with Crippen LogP contribution in [0.3, 0.4) is 0 Å². The number of rotatable bonds is 3. The van der Waals surface area contributed by atoms with Crippen LogP contribution in [0.2, 0.25) is 0 Å². The minimum absolute atomic E-state index is 0.110. The summed E-state index contributed by atoms with van der Waals surface area (Å²) >= 11 is 3.49. The van der Waals surface area contributed by atoms with Gasteiger partial charge in [0.15, 0.2) is 0 Å². The average Bonchev–Trinajstić information content (AvgIpc) is 2.99. The number of fused-ring (bicyclic) bond motifs is 1. The summed E-state index contributed by atoms with van der Waals surface area (Å²) in [6.45, 7) is 8.53. The smallest absolute Gasteiger partial charge is 0.275 e. The lowest BCUT2D eigenvalue weighted by atomic mass is 9.87. The van der Waals surface area contributed by atoms with Crippen molar-refractivity contribution >= 4 is 38.9 Å². The lowest BCUT2D eigenvalue weighted by Crippen LogP contribution is -2.13. The number of nitrogens with one attached hydrogen (secondary N) is 1. The van der Waals surface area contributed by atoms with Crippen LogP contribution >= 0.6 is 15.9 Å². The van der Waals surface area contributed by atoms with E-state index in [1.807, 2.05) is 55.5 Å². The molecule has 3 aromatic rings. The second kappa shape index (κ2) is 7.73. The first-order valence-corrected chi connectivity index (χ1v) is 10.6. The SMILES string of the molecule is Cc1cc(Br)cc2c1NC(=O)C2=Nc1ccc(Oc2ccc(C(C)(C)C)cc2)cc1. The standard InChI is InChI=1S/C25H23BrN2O2/c1-15-13-17(26)14-21-22(15)28-24(29)23(21)27-18-7-11-20(12-8-18)30-19-9-5-16(6-10-19)25(2,3)4/h5-14H,1-4H3,(H,27,28,29). The Labute approximate surface area is 185 Å². The van der Waals surface area contributed by atoms with Gasteiger partial charge in [-0.2, -0.15) is 0 Å². The molecular formula is C25H23BrN2O2. The lowest BCUT2D eigenvalue weighted by molar-refractivity contribution is -0.110. The molecule has 4 nitrogen and oxygen atoms in total. The van der Waals surface area contributed by atoms with Crippen LogP contribution in [0, 0.1) is 6.92 Å². The first-order chi connectivity index (χ1) is 14.2. The number of aryl methyl sites for hydroxylation is 1. The highest BCUT2D eigenvalue weighted by molar-refractivity contribution is 9.10. The van der Waals surface area contributed by atoms with Crippen LogP contribution in [-0.2, 0) is 10.2 Å². The van der Waals surface area contributed by atoms with Gasteiger partial charge in [-0.15, -0.1) is 0 Å². The second-order valence-corrected chi connectivity index (χ2v) is 9.35. The van der Waals surface area contributed by atoms with E-state index in [-0.39, 0.29) is 11.3 Å². The van der Waals surface area contributed by atoms with Crippen LogP contribution in [0.25, 0.3) is 0 Å². The van der Waals surface area contributed by atoms with Gasteiger partial charge in [-0.3, -0.25) is 4.79 Å². The van der Waals surface area contributed by atoms with E-state index in [2.05, 4.69) is 59.1 Å². The maximum Gasteiger partial charge on any atom is 0.275 e. The Hall–Kier alpha value is -2.92. The van der Waals surface area contributed by atoms with Crippen molar-refractivity contribution in [2.75, 3.05) is 5.32 Å². The quantitative estimate of drug-likeness (QED) is 0.458. The summed E-state index contributed by atoms with van der Waals surface area (Å²) in [7, 11) is 0. The fourth-order valence-electron chi connectivity index (χ4n) is 3.38. The molecule has 0 unspecified atom stereocenters. The van der Waals surface area contributed by atoms with Crippen molar-refractivity contribution in [3.8, 4) is 11.5 Å². The molecule has 0 aromatic heterocycles. The fraction of sp³-hybridized carbons (Fsp3) is 0.200. The number of hydrogen-bond donors (Lipinski definition) is 1. The van der Waals surface area contributed by atoms with E-state index in [0.29, 0.717) is 11.4 Å². The van der Waals surface area contributed by atoms with E-state index >= 15 is 0 Å². The summed E-state index contributed by atoms with van der Waals surface area (Å²) in [4.78, 5) is 17.0. The molecule has 0 saturated carbocycles. The predicted molar refractivity (Wildman–Crippen MR) is 125 cm³/mol. The molecule has 0 atom stereocenters. The van der Waals surface area contributed by atoms with Crippen LogP contribution in [0.5, 0.6) is 11.5 Å². The summed E-state index contributed by atoms with van der Waals surface area (Å²) in [6.07, 6.45) is 0. The van der Waals surface area contributed by atoms with Crippen molar-refractivity contribution in [1.29, 1.82) is 0 Å². The van der Waals surface area contributed by atoms with Gasteiger partial charge >= 0.3 is 0 Å². The van der Waals surface area contributed by atoms with Crippen LogP contribution in [0.15, 0.2) is 70.1 Å². The normalized spacial score (nSPS) is 14.6. The Morgan fingerprint density at radius 1 is 0.933 bits per heavy atom. The highest BCUT2D eigenvalue weighted by Gasteiger charge is 2.27. The van der Waals surface area contributed by atoms with Crippen molar-refractivity contribution in [3.63, 3.8) is 0 Å². The number of halogens is 1. The highest BCUT2D eigenvalue weighted by Crippen LogP contribution is 2.33. The number of carbonyl (C=O) groups is 1. The third-order valence-electron chi connectivity index (χ3n) is 5.04. The molecule has 5 heteroatoms. The molecule has 0 aliphatic carbocycles. The zero-order valence-corrected chi connectivity index (χ0v) is 19.0. The number of amides is 1. The van der Waals surface area contributed by atoms with E-state index in [0.717, 1.165) is 32.8 Å². The second-order valence-electron chi connectivity index (χ2n) is 8.43. The molecule has 30 heavy (non-hydrogen) atoms. The zero-order valence-electron chi connectivity index (χ0n) is 17.4. The molecule has 1 aliphatic rings. The molecule has 152 valence electrons. The van der Waals surface area contributed by atoms with Gasteiger partial charge in [0.05, 0.1) is 11.4 Å². The molecule has 4 rings (SSSR count). The number of benzene rings is 3. The van der Waals surface area contributed by atoms with Gasteiger partial charge in [0, 0.05) is 10.0 Å². The van der Waals surface area contributed by atoms with E-state index in [9.17, 15) is 4.79 Å². The van der Waals surface area contributed by atoms with E-state index in [1.165, 1.54) is 5.56 Å². The number of ether oxygens (including phenoxy) is 1. The number of anilines is 1. The predicted octanol–water partition coefficient (Wildman–Crippen LogP) is 6.92. The van der Waals surface area contributed by atoms with E-state index in [4.69, 9.17) is 4.74 Å². The molecule has 3 aromatic carbocycles. The largest absolute Gasteiger partial charge is 0.457 e. The third kappa shape index (κ3) is 4.17.